The molecule has 2 saturated heterocycles. The molecule has 5 heteroatoms. The van der Waals surface area contributed by atoms with Crippen LogP contribution in [0.2, 0.25) is 0 Å². The maximum atomic E-state index is 12.7. The molecule has 1 aromatic rings. The van der Waals surface area contributed by atoms with Crippen LogP contribution in [-0.2, 0) is 0 Å². The van der Waals surface area contributed by atoms with Crippen molar-refractivity contribution in [2.75, 3.05) is 19.6 Å². The molecule has 0 aromatic heterocycles. The first-order valence-corrected chi connectivity index (χ1v) is 7.70. The van der Waals surface area contributed by atoms with Crippen molar-refractivity contribution < 1.29 is 15.0 Å². The molecule has 3 N–H and O–H groups in total. The van der Waals surface area contributed by atoms with Crippen LogP contribution in [0.4, 0.5) is 0 Å². The highest BCUT2D eigenvalue weighted by Crippen LogP contribution is 2.32. The number of likely N-dealkylation sites (tertiary alicyclic amines) is 1. The van der Waals surface area contributed by atoms with Gasteiger partial charge in [-0.3, -0.25) is 4.79 Å². The highest BCUT2D eigenvalue weighted by Gasteiger charge is 2.36. The molecule has 114 valence electrons. The van der Waals surface area contributed by atoms with Crippen molar-refractivity contribution in [3.8, 4) is 11.5 Å². The predicted octanol–water partition coefficient (Wildman–Crippen LogP) is 1.70. The number of hydrogen-bond donors (Lipinski definition) is 3. The van der Waals surface area contributed by atoms with Gasteiger partial charge in [0.15, 0.2) is 0 Å². The number of amides is 1. The smallest absolute Gasteiger partial charge is 0.257 e. The third kappa shape index (κ3) is 2.83. The Bertz CT molecular complexity index is 526. The van der Waals surface area contributed by atoms with Gasteiger partial charge in [0, 0.05) is 18.7 Å². The van der Waals surface area contributed by atoms with E-state index in [-0.39, 0.29) is 29.0 Å². The Labute approximate surface area is 124 Å². The Balaban J connectivity index is 1.79. The first kappa shape index (κ1) is 14.2. The zero-order chi connectivity index (χ0) is 14.8. The van der Waals surface area contributed by atoms with Crippen LogP contribution in [0.25, 0.3) is 0 Å². The first-order chi connectivity index (χ1) is 10.2. The Morgan fingerprint density at radius 3 is 2.81 bits per heavy atom. The van der Waals surface area contributed by atoms with Gasteiger partial charge in [-0.1, -0.05) is 0 Å². The summed E-state index contributed by atoms with van der Waals surface area (Å²) < 4.78 is 0. The molecule has 0 radical (unpaired) electrons. The maximum absolute atomic E-state index is 12.7. The van der Waals surface area contributed by atoms with Gasteiger partial charge in [0.1, 0.15) is 11.5 Å². The summed E-state index contributed by atoms with van der Waals surface area (Å²) in [6.07, 6.45) is 4.37. The Morgan fingerprint density at radius 2 is 2.10 bits per heavy atom. The van der Waals surface area contributed by atoms with E-state index in [4.69, 9.17) is 0 Å². The predicted molar refractivity (Wildman–Crippen MR) is 79.4 cm³/mol. The van der Waals surface area contributed by atoms with Gasteiger partial charge in [-0.15, -0.1) is 0 Å². The first-order valence-electron chi connectivity index (χ1n) is 7.70. The molecule has 2 atom stereocenters. The summed E-state index contributed by atoms with van der Waals surface area (Å²) in [5.74, 6) is 0.205. The quantitative estimate of drug-likeness (QED) is 0.775. The number of piperidine rings is 1. The Kier molecular flexibility index (Phi) is 4.01. The van der Waals surface area contributed by atoms with Gasteiger partial charge in [-0.2, -0.15) is 0 Å². The van der Waals surface area contributed by atoms with Crippen LogP contribution in [0, 0.1) is 5.92 Å². The van der Waals surface area contributed by atoms with E-state index < -0.39 is 0 Å². The topological polar surface area (TPSA) is 72.8 Å². The van der Waals surface area contributed by atoms with E-state index in [1.165, 1.54) is 18.2 Å². The van der Waals surface area contributed by atoms with Gasteiger partial charge in [0.2, 0.25) is 0 Å². The van der Waals surface area contributed by atoms with Crippen LogP contribution in [0.5, 0.6) is 11.5 Å². The summed E-state index contributed by atoms with van der Waals surface area (Å²) in [5.41, 5.74) is 0.281. The number of nitrogens with one attached hydrogen (secondary N) is 1. The number of aromatic hydroxyl groups is 2. The van der Waals surface area contributed by atoms with Crippen molar-refractivity contribution >= 4 is 5.91 Å². The van der Waals surface area contributed by atoms with Crippen LogP contribution in [0.1, 0.15) is 36.0 Å². The van der Waals surface area contributed by atoms with Gasteiger partial charge in [-0.25, -0.2) is 0 Å². The SMILES string of the molecule is O=C(c1ccc(O)cc1O)N1CCCC1C1CCCNC1. The van der Waals surface area contributed by atoms with Crippen LogP contribution in [0.3, 0.4) is 0 Å². The minimum atomic E-state index is -0.146. The average Bonchev–Trinajstić information content (AvgIpc) is 2.97. The number of nitrogens with zero attached hydrogens (tertiary/aromatic N) is 1. The van der Waals surface area contributed by atoms with Crippen molar-refractivity contribution in [2.24, 2.45) is 5.92 Å². The van der Waals surface area contributed by atoms with Crippen LogP contribution < -0.4 is 5.32 Å². The van der Waals surface area contributed by atoms with Gasteiger partial charge >= 0.3 is 0 Å². The van der Waals surface area contributed by atoms with Crippen molar-refractivity contribution in [2.45, 2.75) is 31.7 Å². The minimum absolute atomic E-state index is 0.0292. The third-order valence-corrected chi connectivity index (χ3v) is 4.65. The van der Waals surface area contributed by atoms with Crippen molar-refractivity contribution in [1.82, 2.24) is 10.2 Å². The highest BCUT2D eigenvalue weighted by atomic mass is 16.3. The van der Waals surface area contributed by atoms with E-state index in [0.29, 0.717) is 5.92 Å². The molecule has 1 aromatic carbocycles. The van der Waals surface area contributed by atoms with Crippen molar-refractivity contribution in [3.05, 3.63) is 23.8 Å². The summed E-state index contributed by atoms with van der Waals surface area (Å²) in [6.45, 7) is 2.78. The highest BCUT2D eigenvalue weighted by molar-refractivity contribution is 5.97. The van der Waals surface area contributed by atoms with Gasteiger partial charge in [0.05, 0.1) is 5.56 Å². The Morgan fingerprint density at radius 1 is 1.24 bits per heavy atom. The van der Waals surface area contributed by atoms with E-state index in [1.807, 2.05) is 4.90 Å². The number of phenolic OH excluding ortho intramolecular Hbond substituents is 2. The summed E-state index contributed by atoms with van der Waals surface area (Å²) in [6, 6.07) is 4.43. The van der Waals surface area contributed by atoms with Crippen molar-refractivity contribution in [3.63, 3.8) is 0 Å². The molecule has 0 bridgehead atoms. The fraction of sp³-hybridized carbons (Fsp3) is 0.562. The molecule has 0 saturated carbocycles. The lowest BCUT2D eigenvalue weighted by atomic mass is 9.90. The average molecular weight is 290 g/mol. The molecule has 1 amide bonds. The Hall–Kier alpha value is -1.75. The zero-order valence-corrected chi connectivity index (χ0v) is 12.1. The number of benzene rings is 1. The minimum Gasteiger partial charge on any atom is -0.508 e. The molecule has 2 unspecified atom stereocenters. The number of phenols is 2. The van der Waals surface area contributed by atoms with Gasteiger partial charge in [-0.05, 0) is 56.8 Å². The lowest BCUT2D eigenvalue weighted by Crippen LogP contribution is -2.45. The maximum Gasteiger partial charge on any atom is 0.257 e. The lowest BCUT2D eigenvalue weighted by Gasteiger charge is -2.34. The van der Waals surface area contributed by atoms with Crippen LogP contribution in [-0.4, -0.2) is 46.7 Å². The number of carbonyl (C=O) groups excluding carboxylic acids is 1. The largest absolute Gasteiger partial charge is 0.508 e. The molecule has 2 aliphatic heterocycles. The molecule has 0 spiro atoms. The number of hydrogen-bond acceptors (Lipinski definition) is 4. The monoisotopic (exact) mass is 290 g/mol. The van der Waals surface area contributed by atoms with Crippen molar-refractivity contribution in [1.29, 1.82) is 0 Å². The molecule has 3 rings (SSSR count). The molecular weight excluding hydrogens is 268 g/mol. The summed E-state index contributed by atoms with van der Waals surface area (Å²) >= 11 is 0. The molecule has 2 aliphatic rings. The number of rotatable bonds is 2. The second-order valence-electron chi connectivity index (χ2n) is 6.02. The van der Waals surface area contributed by atoms with E-state index in [2.05, 4.69) is 5.32 Å². The second kappa shape index (κ2) is 5.93. The number of carbonyl (C=O) groups is 1. The fourth-order valence-electron chi connectivity index (χ4n) is 3.60. The summed E-state index contributed by atoms with van der Waals surface area (Å²) in [4.78, 5) is 14.6. The normalized spacial score (nSPS) is 26.0. The zero-order valence-electron chi connectivity index (χ0n) is 12.1. The van der Waals surface area contributed by atoms with Crippen LogP contribution in [0.15, 0.2) is 18.2 Å². The standard InChI is InChI=1S/C16H22N2O3/c19-12-5-6-13(15(20)9-12)16(21)18-8-2-4-14(18)11-3-1-7-17-10-11/h5-6,9,11,14,17,19-20H,1-4,7-8,10H2. The third-order valence-electron chi connectivity index (χ3n) is 4.65. The second-order valence-corrected chi connectivity index (χ2v) is 6.02. The molecule has 2 fully saturated rings. The van der Waals surface area contributed by atoms with E-state index >= 15 is 0 Å². The van der Waals surface area contributed by atoms with E-state index in [9.17, 15) is 15.0 Å². The van der Waals surface area contributed by atoms with E-state index in [1.54, 1.807) is 0 Å². The van der Waals surface area contributed by atoms with Gasteiger partial charge in [0.25, 0.3) is 5.91 Å². The van der Waals surface area contributed by atoms with E-state index in [0.717, 1.165) is 45.3 Å². The summed E-state index contributed by atoms with van der Waals surface area (Å²) in [5, 5.41) is 22.7. The summed E-state index contributed by atoms with van der Waals surface area (Å²) in [7, 11) is 0. The molecule has 5 nitrogen and oxygen atoms in total. The molecular formula is C16H22N2O3. The van der Waals surface area contributed by atoms with Crippen LogP contribution >= 0.6 is 0 Å². The molecule has 0 aliphatic carbocycles. The lowest BCUT2D eigenvalue weighted by molar-refractivity contribution is 0.0667. The fourth-order valence-corrected chi connectivity index (χ4v) is 3.60. The molecule has 21 heavy (non-hydrogen) atoms. The van der Waals surface area contributed by atoms with Gasteiger partial charge < -0.3 is 20.4 Å². The molecule has 2 heterocycles.